The molecule has 0 saturated carbocycles. The molecule has 4 aromatic rings. The molecule has 31 heavy (non-hydrogen) atoms. The average Bonchev–Trinajstić information content (AvgIpc) is 3.31. The molecule has 0 fully saturated rings. The van der Waals surface area contributed by atoms with E-state index in [9.17, 15) is 14.4 Å². The molecule has 0 unspecified atom stereocenters. The second-order valence-corrected chi connectivity index (χ2v) is 7.07. The smallest absolute Gasteiger partial charge is 0.257 e. The second kappa shape index (κ2) is 9.13. The molecule has 0 aliphatic heterocycles. The van der Waals surface area contributed by atoms with Crippen LogP contribution in [-0.4, -0.2) is 28.2 Å². The van der Waals surface area contributed by atoms with E-state index in [1.807, 2.05) is 30.3 Å². The normalized spacial score (nSPS) is 10.7. The van der Waals surface area contributed by atoms with Gasteiger partial charge in [-0.15, -0.1) is 0 Å². The van der Waals surface area contributed by atoms with Crippen LogP contribution in [0.5, 0.6) is 0 Å². The number of furan rings is 1. The number of nitrogens with zero attached hydrogens (tertiary/aromatic N) is 1. The van der Waals surface area contributed by atoms with Crippen LogP contribution in [-0.2, 0) is 17.9 Å². The van der Waals surface area contributed by atoms with Gasteiger partial charge in [0.25, 0.3) is 5.91 Å². The van der Waals surface area contributed by atoms with Gasteiger partial charge >= 0.3 is 0 Å². The van der Waals surface area contributed by atoms with Crippen molar-refractivity contribution in [2.24, 2.45) is 0 Å². The van der Waals surface area contributed by atoms with Gasteiger partial charge in [0.1, 0.15) is 11.3 Å². The number of carbonyl (C=O) groups is 2. The first-order valence-electron chi connectivity index (χ1n) is 9.84. The Balaban J connectivity index is 1.47. The molecule has 0 bridgehead atoms. The van der Waals surface area contributed by atoms with Crippen molar-refractivity contribution in [2.75, 3.05) is 6.54 Å². The summed E-state index contributed by atoms with van der Waals surface area (Å²) in [5.74, 6) is -0.245. The van der Waals surface area contributed by atoms with E-state index in [-0.39, 0.29) is 30.0 Å². The first-order valence-corrected chi connectivity index (χ1v) is 9.84. The number of hydrogen-bond acceptors (Lipinski definition) is 4. The van der Waals surface area contributed by atoms with Crippen LogP contribution in [0, 0.1) is 0 Å². The molecule has 7 heteroatoms. The number of benzene rings is 2. The highest BCUT2D eigenvalue weighted by Gasteiger charge is 2.19. The highest BCUT2D eigenvalue weighted by Crippen LogP contribution is 2.11. The van der Waals surface area contributed by atoms with Crippen LogP contribution < -0.4 is 10.7 Å². The lowest BCUT2D eigenvalue weighted by molar-refractivity contribution is -0.131. The zero-order chi connectivity index (χ0) is 21.6. The quantitative estimate of drug-likeness (QED) is 0.485. The maximum absolute atomic E-state index is 12.9. The number of amides is 2. The molecule has 2 heterocycles. The SMILES string of the molecule is O=C(NCC(=O)N(Cc1ccccc1)Cc1ccco1)c1c[nH]c2ccccc2c1=O. The number of fused-ring (bicyclic) bond motifs is 1. The predicted molar refractivity (Wildman–Crippen MR) is 116 cm³/mol. The summed E-state index contributed by atoms with van der Waals surface area (Å²) in [5, 5.41) is 2.99. The monoisotopic (exact) mass is 415 g/mol. The third kappa shape index (κ3) is 4.72. The molecule has 4 rings (SSSR count). The van der Waals surface area contributed by atoms with E-state index in [2.05, 4.69) is 10.3 Å². The van der Waals surface area contributed by atoms with Gasteiger partial charge in [-0.1, -0.05) is 42.5 Å². The molecule has 0 aliphatic rings. The topological polar surface area (TPSA) is 95.4 Å². The highest BCUT2D eigenvalue weighted by atomic mass is 16.3. The number of rotatable bonds is 7. The summed E-state index contributed by atoms with van der Waals surface area (Å²) in [4.78, 5) is 42.6. The van der Waals surface area contributed by atoms with Crippen molar-refractivity contribution < 1.29 is 14.0 Å². The fourth-order valence-electron chi connectivity index (χ4n) is 3.33. The van der Waals surface area contributed by atoms with E-state index in [0.717, 1.165) is 5.56 Å². The Hall–Kier alpha value is -4.13. The summed E-state index contributed by atoms with van der Waals surface area (Å²) in [6, 6.07) is 20.1. The molecule has 7 nitrogen and oxygen atoms in total. The van der Waals surface area contributed by atoms with Gasteiger partial charge in [-0.2, -0.15) is 0 Å². The molecule has 0 radical (unpaired) electrons. The van der Waals surface area contributed by atoms with E-state index in [4.69, 9.17) is 4.42 Å². The van der Waals surface area contributed by atoms with E-state index in [0.29, 0.717) is 23.2 Å². The average molecular weight is 415 g/mol. The van der Waals surface area contributed by atoms with Crippen LogP contribution in [0.1, 0.15) is 21.7 Å². The fraction of sp³-hybridized carbons (Fsp3) is 0.125. The second-order valence-electron chi connectivity index (χ2n) is 7.07. The molecule has 0 saturated heterocycles. The molecule has 156 valence electrons. The van der Waals surface area contributed by atoms with E-state index in [1.165, 1.54) is 6.20 Å². The Morgan fingerprint density at radius 3 is 2.48 bits per heavy atom. The predicted octanol–water partition coefficient (Wildman–Crippen LogP) is 3.08. The van der Waals surface area contributed by atoms with Crippen LogP contribution in [0.2, 0.25) is 0 Å². The lowest BCUT2D eigenvalue weighted by Crippen LogP contribution is -2.40. The minimum Gasteiger partial charge on any atom is -0.467 e. The molecule has 2 N–H and O–H groups in total. The molecule has 2 amide bonds. The van der Waals surface area contributed by atoms with Crippen LogP contribution >= 0.6 is 0 Å². The maximum atomic E-state index is 12.9. The summed E-state index contributed by atoms with van der Waals surface area (Å²) in [5.41, 5.74) is 1.19. The number of pyridine rings is 1. The van der Waals surface area contributed by atoms with Gasteiger partial charge in [-0.25, -0.2) is 0 Å². The van der Waals surface area contributed by atoms with E-state index < -0.39 is 5.91 Å². The zero-order valence-electron chi connectivity index (χ0n) is 16.7. The molecule has 0 atom stereocenters. The Kier molecular flexibility index (Phi) is 5.93. The standard InChI is InChI=1S/C24H21N3O4/c28-22(27(16-18-9-6-12-31-18)15-17-7-2-1-3-8-17)14-26-24(30)20-13-25-21-11-5-4-10-19(21)23(20)29/h1-13H,14-16H2,(H,25,29)(H,26,30). The summed E-state index contributed by atoms with van der Waals surface area (Å²) in [7, 11) is 0. The van der Waals surface area contributed by atoms with Crippen molar-refractivity contribution >= 4 is 22.7 Å². The third-order valence-corrected chi connectivity index (χ3v) is 4.93. The minimum absolute atomic E-state index is 0.0351. The van der Waals surface area contributed by atoms with Gasteiger partial charge in [0.15, 0.2) is 0 Å². The highest BCUT2D eigenvalue weighted by molar-refractivity contribution is 5.98. The number of aromatic nitrogens is 1. The molecule has 2 aromatic heterocycles. The van der Waals surface area contributed by atoms with Gasteiger partial charge in [0.2, 0.25) is 11.3 Å². The Bertz CT molecular complexity index is 1250. The van der Waals surface area contributed by atoms with Crippen LogP contribution in [0.3, 0.4) is 0 Å². The maximum Gasteiger partial charge on any atom is 0.257 e. The van der Waals surface area contributed by atoms with Gasteiger partial charge in [0.05, 0.1) is 19.4 Å². The van der Waals surface area contributed by atoms with Crippen LogP contribution in [0.25, 0.3) is 10.9 Å². The number of nitrogens with one attached hydrogen (secondary N) is 2. The first-order chi connectivity index (χ1) is 15.1. The zero-order valence-corrected chi connectivity index (χ0v) is 16.7. The minimum atomic E-state index is -0.599. The van der Waals surface area contributed by atoms with E-state index in [1.54, 1.807) is 47.6 Å². The lowest BCUT2D eigenvalue weighted by Gasteiger charge is -2.22. The van der Waals surface area contributed by atoms with Gasteiger partial charge < -0.3 is 19.6 Å². The number of hydrogen-bond donors (Lipinski definition) is 2. The van der Waals surface area contributed by atoms with Crippen molar-refractivity contribution in [3.05, 3.63) is 106 Å². The van der Waals surface area contributed by atoms with Gasteiger partial charge in [-0.05, 0) is 29.8 Å². The summed E-state index contributed by atoms with van der Waals surface area (Å²) in [6.07, 6.45) is 2.92. The van der Waals surface area contributed by atoms with Crippen molar-refractivity contribution in [3.63, 3.8) is 0 Å². The third-order valence-electron chi connectivity index (χ3n) is 4.93. The Morgan fingerprint density at radius 1 is 0.935 bits per heavy atom. The molecule has 2 aromatic carbocycles. The van der Waals surface area contributed by atoms with Crippen LogP contribution in [0.15, 0.2) is 88.4 Å². The van der Waals surface area contributed by atoms with Crippen molar-refractivity contribution in [1.29, 1.82) is 0 Å². The number of para-hydroxylation sites is 1. The van der Waals surface area contributed by atoms with E-state index >= 15 is 0 Å². The summed E-state index contributed by atoms with van der Waals surface area (Å²) >= 11 is 0. The first kappa shape index (κ1) is 20.2. The molecular formula is C24H21N3O4. The van der Waals surface area contributed by atoms with Crippen molar-refractivity contribution in [2.45, 2.75) is 13.1 Å². The number of H-pyrrole nitrogens is 1. The molecule has 0 aliphatic carbocycles. The van der Waals surface area contributed by atoms with Crippen molar-refractivity contribution in [1.82, 2.24) is 15.2 Å². The molecule has 0 spiro atoms. The summed E-state index contributed by atoms with van der Waals surface area (Å²) in [6.45, 7) is 0.401. The Morgan fingerprint density at radius 2 is 1.71 bits per heavy atom. The van der Waals surface area contributed by atoms with Crippen molar-refractivity contribution in [3.8, 4) is 0 Å². The fourth-order valence-corrected chi connectivity index (χ4v) is 3.33. The number of carbonyl (C=O) groups excluding carboxylic acids is 2. The van der Waals surface area contributed by atoms with Gasteiger partial charge in [-0.3, -0.25) is 14.4 Å². The number of aromatic amines is 1. The van der Waals surface area contributed by atoms with Crippen LogP contribution in [0.4, 0.5) is 0 Å². The largest absolute Gasteiger partial charge is 0.467 e. The van der Waals surface area contributed by atoms with Gasteiger partial charge in [0, 0.05) is 23.6 Å². The Labute approximate surface area is 178 Å². The lowest BCUT2D eigenvalue weighted by atomic mass is 10.1. The summed E-state index contributed by atoms with van der Waals surface area (Å²) < 4.78 is 5.38. The molecular weight excluding hydrogens is 394 g/mol.